The highest BCUT2D eigenvalue weighted by atomic mass is 35.5. The maximum absolute atomic E-state index is 12.9. The summed E-state index contributed by atoms with van der Waals surface area (Å²) in [5.74, 6) is 0.239. The van der Waals surface area contributed by atoms with E-state index in [-0.39, 0.29) is 5.91 Å². The van der Waals surface area contributed by atoms with Crippen LogP contribution in [0.5, 0.6) is 0 Å². The van der Waals surface area contributed by atoms with Gasteiger partial charge < -0.3 is 10.3 Å². The molecular weight excluding hydrogens is 415 g/mol. The van der Waals surface area contributed by atoms with Gasteiger partial charge in [-0.25, -0.2) is 4.98 Å². The molecule has 0 aliphatic carbocycles. The van der Waals surface area contributed by atoms with Crippen LogP contribution in [-0.4, -0.2) is 15.9 Å². The standard InChI is InChI=1S/C22H15ClF3N3O/c23-17-4-2-1-3-16(17)21(30)27-15-8-5-13(6-9-15)11-20-28-18-10-7-14(22(24,25)26)12-19(18)29-20/h1-10,12H,11H2,(H,27,30)(H,28,29). The molecule has 4 nitrogen and oxygen atoms in total. The topological polar surface area (TPSA) is 57.8 Å². The monoisotopic (exact) mass is 429 g/mol. The van der Waals surface area contributed by atoms with Crippen LogP contribution in [-0.2, 0) is 12.6 Å². The number of anilines is 1. The van der Waals surface area contributed by atoms with Crippen LogP contribution in [0.1, 0.15) is 27.3 Å². The second-order valence-electron chi connectivity index (χ2n) is 6.72. The molecule has 0 radical (unpaired) electrons. The largest absolute Gasteiger partial charge is 0.416 e. The van der Waals surface area contributed by atoms with E-state index in [2.05, 4.69) is 15.3 Å². The third-order valence-corrected chi connectivity index (χ3v) is 4.89. The van der Waals surface area contributed by atoms with Gasteiger partial charge in [0.05, 0.1) is 27.2 Å². The summed E-state index contributed by atoms with van der Waals surface area (Å²) in [5.41, 5.74) is 1.96. The number of alkyl halides is 3. The molecule has 0 saturated carbocycles. The van der Waals surface area contributed by atoms with Gasteiger partial charge in [-0.05, 0) is 48.0 Å². The fourth-order valence-corrected chi connectivity index (χ4v) is 3.29. The summed E-state index contributed by atoms with van der Waals surface area (Å²) in [6.45, 7) is 0. The molecule has 3 aromatic carbocycles. The van der Waals surface area contributed by atoms with Crippen molar-refractivity contribution < 1.29 is 18.0 Å². The van der Waals surface area contributed by atoms with Gasteiger partial charge >= 0.3 is 6.18 Å². The van der Waals surface area contributed by atoms with Crippen molar-refractivity contribution >= 4 is 34.2 Å². The number of aromatic nitrogens is 2. The summed E-state index contributed by atoms with van der Waals surface area (Å²) in [7, 11) is 0. The van der Waals surface area contributed by atoms with E-state index in [4.69, 9.17) is 11.6 Å². The molecule has 0 aliphatic rings. The minimum absolute atomic E-state index is 0.314. The van der Waals surface area contributed by atoms with E-state index in [0.717, 1.165) is 17.7 Å². The molecule has 2 N–H and O–H groups in total. The Morgan fingerprint density at radius 1 is 1.03 bits per heavy atom. The number of benzene rings is 3. The number of nitrogens with zero attached hydrogens (tertiary/aromatic N) is 1. The maximum Gasteiger partial charge on any atom is 0.416 e. The van der Waals surface area contributed by atoms with Gasteiger partial charge in [-0.1, -0.05) is 35.9 Å². The number of hydrogen-bond donors (Lipinski definition) is 2. The van der Waals surface area contributed by atoms with Crippen LogP contribution in [0.4, 0.5) is 18.9 Å². The van der Waals surface area contributed by atoms with Crippen molar-refractivity contribution in [3.05, 3.63) is 94.3 Å². The average Bonchev–Trinajstić information content (AvgIpc) is 3.10. The van der Waals surface area contributed by atoms with Crippen molar-refractivity contribution in [3.8, 4) is 0 Å². The van der Waals surface area contributed by atoms with E-state index >= 15 is 0 Å². The number of carbonyl (C=O) groups excluding carboxylic acids is 1. The highest BCUT2D eigenvalue weighted by Crippen LogP contribution is 2.31. The lowest BCUT2D eigenvalue weighted by molar-refractivity contribution is -0.137. The molecular formula is C22H15ClF3N3O. The fraction of sp³-hybridized carbons (Fsp3) is 0.0909. The van der Waals surface area contributed by atoms with E-state index in [1.807, 2.05) is 12.1 Å². The number of H-pyrrole nitrogens is 1. The minimum Gasteiger partial charge on any atom is -0.342 e. The van der Waals surface area contributed by atoms with Gasteiger partial charge in [0.1, 0.15) is 5.82 Å². The number of carbonyl (C=O) groups is 1. The van der Waals surface area contributed by atoms with E-state index < -0.39 is 11.7 Å². The van der Waals surface area contributed by atoms with Gasteiger partial charge in [0.2, 0.25) is 0 Å². The Morgan fingerprint density at radius 2 is 1.77 bits per heavy atom. The molecule has 4 aromatic rings. The third kappa shape index (κ3) is 4.31. The van der Waals surface area contributed by atoms with Gasteiger partial charge in [-0.3, -0.25) is 4.79 Å². The Hall–Kier alpha value is -3.32. The normalized spacial score (nSPS) is 11.6. The molecule has 8 heteroatoms. The number of imidazole rings is 1. The molecule has 0 fully saturated rings. The number of fused-ring (bicyclic) bond motifs is 1. The van der Waals surface area contributed by atoms with Crippen LogP contribution in [0.25, 0.3) is 11.0 Å². The number of aromatic amines is 1. The Kier molecular flexibility index (Phi) is 5.22. The Morgan fingerprint density at radius 3 is 2.47 bits per heavy atom. The predicted molar refractivity (Wildman–Crippen MR) is 110 cm³/mol. The van der Waals surface area contributed by atoms with E-state index in [1.54, 1.807) is 36.4 Å². The first kappa shape index (κ1) is 20.0. The maximum atomic E-state index is 12.9. The second kappa shape index (κ2) is 7.84. The highest BCUT2D eigenvalue weighted by molar-refractivity contribution is 6.34. The summed E-state index contributed by atoms with van der Waals surface area (Å²) in [4.78, 5) is 19.6. The van der Waals surface area contributed by atoms with Crippen LogP contribution in [0.2, 0.25) is 5.02 Å². The zero-order chi connectivity index (χ0) is 21.3. The van der Waals surface area contributed by atoms with Gasteiger partial charge in [-0.15, -0.1) is 0 Å². The SMILES string of the molecule is O=C(Nc1ccc(Cc2nc3ccc(C(F)(F)F)cc3[nH]2)cc1)c1ccccc1Cl. The Balaban J connectivity index is 1.47. The van der Waals surface area contributed by atoms with Crippen molar-refractivity contribution in [2.45, 2.75) is 12.6 Å². The number of nitrogens with one attached hydrogen (secondary N) is 2. The highest BCUT2D eigenvalue weighted by Gasteiger charge is 2.30. The molecule has 0 unspecified atom stereocenters. The van der Waals surface area contributed by atoms with Crippen molar-refractivity contribution in [2.24, 2.45) is 0 Å². The smallest absolute Gasteiger partial charge is 0.342 e. The second-order valence-corrected chi connectivity index (χ2v) is 7.13. The zero-order valence-electron chi connectivity index (χ0n) is 15.4. The van der Waals surface area contributed by atoms with Crippen LogP contribution in [0.15, 0.2) is 66.7 Å². The van der Waals surface area contributed by atoms with Crippen molar-refractivity contribution in [1.82, 2.24) is 9.97 Å². The summed E-state index contributed by atoms with van der Waals surface area (Å²) in [6, 6.07) is 17.3. The number of hydrogen-bond acceptors (Lipinski definition) is 2. The molecule has 4 rings (SSSR count). The van der Waals surface area contributed by atoms with Crippen LogP contribution >= 0.6 is 11.6 Å². The Labute approximate surface area is 174 Å². The molecule has 152 valence electrons. The lowest BCUT2D eigenvalue weighted by Gasteiger charge is -2.07. The van der Waals surface area contributed by atoms with E-state index in [0.29, 0.717) is 39.6 Å². The van der Waals surface area contributed by atoms with Crippen LogP contribution in [0, 0.1) is 0 Å². The minimum atomic E-state index is -4.40. The van der Waals surface area contributed by atoms with E-state index in [1.165, 1.54) is 6.07 Å². The van der Waals surface area contributed by atoms with Crippen LogP contribution in [0.3, 0.4) is 0 Å². The molecule has 1 amide bonds. The summed E-state index contributed by atoms with van der Waals surface area (Å²) < 4.78 is 38.6. The Bertz CT molecular complexity index is 1220. The molecule has 0 spiro atoms. The lowest BCUT2D eigenvalue weighted by Crippen LogP contribution is -2.12. The first-order chi connectivity index (χ1) is 14.3. The van der Waals surface area contributed by atoms with Crippen molar-refractivity contribution in [2.75, 3.05) is 5.32 Å². The third-order valence-electron chi connectivity index (χ3n) is 4.56. The van der Waals surface area contributed by atoms with Crippen LogP contribution < -0.4 is 5.32 Å². The zero-order valence-corrected chi connectivity index (χ0v) is 16.2. The lowest BCUT2D eigenvalue weighted by atomic mass is 10.1. The average molecular weight is 430 g/mol. The first-order valence-corrected chi connectivity index (χ1v) is 9.38. The van der Waals surface area contributed by atoms with Gasteiger partial charge in [0, 0.05) is 12.1 Å². The summed E-state index contributed by atoms with van der Waals surface area (Å²) >= 11 is 6.04. The molecule has 0 aliphatic heterocycles. The molecule has 1 aromatic heterocycles. The predicted octanol–water partition coefficient (Wildman–Crippen LogP) is 6.08. The number of amides is 1. The number of halogens is 4. The molecule has 0 saturated heterocycles. The number of rotatable bonds is 4. The van der Waals surface area contributed by atoms with Crippen molar-refractivity contribution in [3.63, 3.8) is 0 Å². The summed E-state index contributed by atoms with van der Waals surface area (Å²) in [6.07, 6.45) is -3.99. The molecule has 30 heavy (non-hydrogen) atoms. The molecule has 0 bridgehead atoms. The summed E-state index contributed by atoms with van der Waals surface area (Å²) in [5, 5.41) is 3.14. The first-order valence-electron chi connectivity index (χ1n) is 9.00. The molecule has 1 heterocycles. The van der Waals surface area contributed by atoms with E-state index in [9.17, 15) is 18.0 Å². The fourth-order valence-electron chi connectivity index (χ4n) is 3.07. The molecule has 0 atom stereocenters. The van der Waals surface area contributed by atoms with Crippen molar-refractivity contribution in [1.29, 1.82) is 0 Å². The van der Waals surface area contributed by atoms with Gasteiger partial charge in [0.25, 0.3) is 5.91 Å². The quantitative estimate of drug-likeness (QED) is 0.413. The van der Waals surface area contributed by atoms with Gasteiger partial charge in [-0.2, -0.15) is 13.2 Å². The van der Waals surface area contributed by atoms with Gasteiger partial charge in [0.15, 0.2) is 0 Å².